The maximum atomic E-state index is 11.2. The molecule has 6 nitrogen and oxygen atoms in total. The average Bonchev–Trinajstić information content (AvgIpc) is 2.72. The van der Waals surface area contributed by atoms with Crippen LogP contribution < -0.4 is 5.43 Å². The molecule has 0 radical (unpaired) electrons. The number of aromatic hydroxyl groups is 1. The third-order valence-corrected chi connectivity index (χ3v) is 2.87. The molecule has 1 fully saturated rings. The Kier molecular flexibility index (Phi) is 3.14. The first-order chi connectivity index (χ1) is 8.08. The van der Waals surface area contributed by atoms with Gasteiger partial charge in [0.1, 0.15) is 18.1 Å². The van der Waals surface area contributed by atoms with E-state index in [0.29, 0.717) is 18.7 Å². The Labute approximate surface area is 97.1 Å². The second kappa shape index (κ2) is 4.58. The number of hydrogen-bond acceptors (Lipinski definition) is 5. The predicted molar refractivity (Wildman–Crippen MR) is 57.7 cm³/mol. The van der Waals surface area contributed by atoms with Crippen molar-refractivity contribution >= 4 is 5.97 Å². The van der Waals surface area contributed by atoms with Gasteiger partial charge < -0.3 is 14.6 Å². The second-order valence-corrected chi connectivity index (χ2v) is 4.06. The van der Waals surface area contributed by atoms with Crippen molar-refractivity contribution in [2.24, 2.45) is 0 Å². The van der Waals surface area contributed by atoms with Gasteiger partial charge in [-0.1, -0.05) is 0 Å². The van der Waals surface area contributed by atoms with E-state index in [1.807, 2.05) is 0 Å². The Hall–Kier alpha value is -1.82. The number of carboxylic acids is 1. The highest BCUT2D eigenvalue weighted by atomic mass is 16.4. The highest BCUT2D eigenvalue weighted by Gasteiger charge is 2.30. The first-order valence-electron chi connectivity index (χ1n) is 5.35. The van der Waals surface area contributed by atoms with Crippen LogP contribution in [0.3, 0.4) is 0 Å². The van der Waals surface area contributed by atoms with Crippen LogP contribution in [-0.2, 0) is 11.3 Å². The van der Waals surface area contributed by atoms with Crippen LogP contribution in [0.15, 0.2) is 21.5 Å². The van der Waals surface area contributed by atoms with Crippen LogP contribution in [0.1, 0.15) is 18.6 Å². The van der Waals surface area contributed by atoms with Crippen LogP contribution in [0, 0.1) is 0 Å². The van der Waals surface area contributed by atoms with E-state index in [0.717, 1.165) is 12.7 Å². The SMILES string of the molecule is O=C(O)[C@H]1CCCN1Cc1cc(=O)c(O)co1. The molecule has 2 N–H and O–H groups in total. The predicted octanol–water partition coefficient (Wildman–Crippen LogP) is 0.394. The van der Waals surface area contributed by atoms with E-state index < -0.39 is 23.2 Å². The summed E-state index contributed by atoms with van der Waals surface area (Å²) in [5.41, 5.74) is -0.516. The molecule has 0 unspecified atom stereocenters. The highest BCUT2D eigenvalue weighted by molar-refractivity contribution is 5.73. The minimum Gasteiger partial charge on any atom is -0.502 e. The van der Waals surface area contributed by atoms with Crippen LogP contribution in [0.25, 0.3) is 0 Å². The summed E-state index contributed by atoms with van der Waals surface area (Å²) in [6, 6.07) is 0.668. The molecule has 1 aromatic rings. The number of nitrogens with zero attached hydrogens (tertiary/aromatic N) is 1. The zero-order valence-electron chi connectivity index (χ0n) is 9.13. The van der Waals surface area contributed by atoms with E-state index in [9.17, 15) is 9.59 Å². The Bertz CT molecular complexity index is 481. The summed E-state index contributed by atoms with van der Waals surface area (Å²) in [5, 5.41) is 18.0. The smallest absolute Gasteiger partial charge is 0.320 e. The molecule has 0 aliphatic carbocycles. The molecule has 2 heterocycles. The molecular formula is C11H13NO5. The Morgan fingerprint density at radius 1 is 1.59 bits per heavy atom. The summed E-state index contributed by atoms with van der Waals surface area (Å²) >= 11 is 0. The van der Waals surface area contributed by atoms with E-state index >= 15 is 0 Å². The summed E-state index contributed by atoms with van der Waals surface area (Å²) in [6.45, 7) is 0.939. The molecule has 1 aliphatic rings. The van der Waals surface area contributed by atoms with E-state index in [-0.39, 0.29) is 6.54 Å². The van der Waals surface area contributed by atoms with Gasteiger partial charge in [-0.25, -0.2) is 0 Å². The van der Waals surface area contributed by atoms with E-state index in [4.69, 9.17) is 14.6 Å². The van der Waals surface area contributed by atoms with Crippen molar-refractivity contribution in [1.82, 2.24) is 4.90 Å². The van der Waals surface area contributed by atoms with Gasteiger partial charge >= 0.3 is 5.97 Å². The molecule has 92 valence electrons. The lowest BCUT2D eigenvalue weighted by Gasteiger charge is -2.19. The van der Waals surface area contributed by atoms with E-state index in [2.05, 4.69) is 0 Å². The molecule has 2 rings (SSSR count). The number of carboxylic acid groups (broad SMARTS) is 1. The summed E-state index contributed by atoms with van der Waals surface area (Å²) in [6.07, 6.45) is 2.40. The lowest BCUT2D eigenvalue weighted by Crippen LogP contribution is -2.35. The fourth-order valence-corrected chi connectivity index (χ4v) is 2.02. The number of aliphatic carboxylic acids is 1. The maximum Gasteiger partial charge on any atom is 0.320 e. The van der Waals surface area contributed by atoms with Gasteiger partial charge in [-0.3, -0.25) is 14.5 Å². The molecule has 0 aromatic carbocycles. The van der Waals surface area contributed by atoms with Crippen molar-refractivity contribution < 1.29 is 19.4 Å². The van der Waals surface area contributed by atoms with Crippen LogP contribution in [0.2, 0.25) is 0 Å². The third-order valence-electron chi connectivity index (χ3n) is 2.87. The molecule has 1 saturated heterocycles. The third kappa shape index (κ3) is 2.47. The summed E-state index contributed by atoms with van der Waals surface area (Å²) in [4.78, 5) is 23.9. The highest BCUT2D eigenvalue weighted by Crippen LogP contribution is 2.20. The topological polar surface area (TPSA) is 91.0 Å². The first-order valence-corrected chi connectivity index (χ1v) is 5.35. The van der Waals surface area contributed by atoms with Gasteiger partial charge in [0.15, 0.2) is 5.75 Å². The molecule has 1 aliphatic heterocycles. The normalized spacial score (nSPS) is 20.6. The van der Waals surface area contributed by atoms with Gasteiger partial charge in [0.25, 0.3) is 0 Å². The zero-order chi connectivity index (χ0) is 12.4. The molecular weight excluding hydrogens is 226 g/mol. The molecule has 0 bridgehead atoms. The Balaban J connectivity index is 2.12. The van der Waals surface area contributed by atoms with Crippen LogP contribution in [0.5, 0.6) is 5.75 Å². The van der Waals surface area contributed by atoms with Crippen molar-refractivity contribution in [2.45, 2.75) is 25.4 Å². The quantitative estimate of drug-likeness (QED) is 0.793. The van der Waals surface area contributed by atoms with Gasteiger partial charge in [0, 0.05) is 6.07 Å². The Morgan fingerprint density at radius 3 is 3.00 bits per heavy atom. The van der Waals surface area contributed by atoms with Gasteiger partial charge in [-0.15, -0.1) is 0 Å². The maximum absolute atomic E-state index is 11.2. The minimum atomic E-state index is -0.858. The fraction of sp³-hybridized carbons (Fsp3) is 0.455. The molecule has 1 atom stereocenters. The minimum absolute atomic E-state index is 0.270. The van der Waals surface area contributed by atoms with Gasteiger partial charge in [-0.2, -0.15) is 0 Å². The van der Waals surface area contributed by atoms with Crippen molar-refractivity contribution in [3.05, 3.63) is 28.3 Å². The van der Waals surface area contributed by atoms with Crippen molar-refractivity contribution in [1.29, 1.82) is 0 Å². The lowest BCUT2D eigenvalue weighted by molar-refractivity contribution is -0.142. The standard InChI is InChI=1S/C11H13NO5/c13-9-4-7(17-6-10(9)14)5-12-3-1-2-8(12)11(15)16/h4,6,8,14H,1-3,5H2,(H,15,16)/t8-/m1/s1. The van der Waals surface area contributed by atoms with Gasteiger partial charge in [-0.05, 0) is 19.4 Å². The van der Waals surface area contributed by atoms with Crippen LogP contribution >= 0.6 is 0 Å². The Morgan fingerprint density at radius 2 is 2.35 bits per heavy atom. The molecule has 17 heavy (non-hydrogen) atoms. The van der Waals surface area contributed by atoms with E-state index in [1.165, 1.54) is 6.07 Å². The van der Waals surface area contributed by atoms with Gasteiger partial charge in [0.2, 0.25) is 5.43 Å². The lowest BCUT2D eigenvalue weighted by atomic mass is 10.2. The fourth-order valence-electron chi connectivity index (χ4n) is 2.02. The number of carbonyl (C=O) groups is 1. The van der Waals surface area contributed by atoms with Crippen molar-refractivity contribution in [3.63, 3.8) is 0 Å². The average molecular weight is 239 g/mol. The number of rotatable bonds is 3. The first kappa shape index (κ1) is 11.7. The van der Waals surface area contributed by atoms with Crippen LogP contribution in [-0.4, -0.2) is 33.7 Å². The molecule has 0 saturated carbocycles. The molecule has 0 spiro atoms. The monoisotopic (exact) mass is 239 g/mol. The molecule has 6 heteroatoms. The summed E-state index contributed by atoms with van der Waals surface area (Å²) in [7, 11) is 0. The molecule has 0 amide bonds. The van der Waals surface area contributed by atoms with Crippen LogP contribution in [0.4, 0.5) is 0 Å². The van der Waals surface area contributed by atoms with E-state index in [1.54, 1.807) is 4.90 Å². The van der Waals surface area contributed by atoms with Gasteiger partial charge in [0.05, 0.1) is 6.54 Å². The largest absolute Gasteiger partial charge is 0.502 e. The van der Waals surface area contributed by atoms with Crippen molar-refractivity contribution in [2.75, 3.05) is 6.54 Å². The summed E-state index contributed by atoms with van der Waals surface area (Å²) in [5.74, 6) is -0.936. The zero-order valence-corrected chi connectivity index (χ0v) is 9.13. The number of likely N-dealkylation sites (tertiary alicyclic amines) is 1. The van der Waals surface area contributed by atoms with Crippen molar-refractivity contribution in [3.8, 4) is 5.75 Å². The number of hydrogen-bond donors (Lipinski definition) is 2. The second-order valence-electron chi connectivity index (χ2n) is 4.06. The molecule has 1 aromatic heterocycles. The summed E-state index contributed by atoms with van der Waals surface area (Å²) < 4.78 is 5.04.